The molecule has 1 saturated heterocycles. The molecule has 0 aliphatic carbocycles. The van der Waals surface area contributed by atoms with E-state index in [2.05, 4.69) is 9.97 Å². The smallest absolute Gasteiger partial charge is 0.304 e. The number of aliphatic carboxylic acids is 1. The summed E-state index contributed by atoms with van der Waals surface area (Å²) in [6.07, 6.45) is 1.58. The molecule has 2 heterocycles. The van der Waals surface area contributed by atoms with Crippen LogP contribution in [0.2, 0.25) is 0 Å². The van der Waals surface area contributed by atoms with Gasteiger partial charge >= 0.3 is 5.97 Å². The summed E-state index contributed by atoms with van der Waals surface area (Å²) in [5.74, 6) is 0.00856. The molecule has 1 fully saturated rings. The molecule has 0 bridgehead atoms. The van der Waals surface area contributed by atoms with Gasteiger partial charge < -0.3 is 10.0 Å². The maximum Gasteiger partial charge on any atom is 0.304 e. The van der Waals surface area contributed by atoms with E-state index in [0.29, 0.717) is 37.8 Å². The molecule has 1 aromatic heterocycles. The number of nitrogens with zero attached hydrogens (tertiary/aromatic N) is 5. The first-order valence-corrected chi connectivity index (χ1v) is 9.08. The van der Waals surface area contributed by atoms with Crippen molar-refractivity contribution in [3.63, 3.8) is 0 Å². The second-order valence-corrected chi connectivity index (χ2v) is 8.09. The van der Waals surface area contributed by atoms with Crippen LogP contribution in [0.3, 0.4) is 0 Å². The van der Waals surface area contributed by atoms with Gasteiger partial charge in [0.2, 0.25) is 0 Å². The van der Waals surface area contributed by atoms with Gasteiger partial charge in [0.05, 0.1) is 6.42 Å². The number of carboxylic acid groups (broad SMARTS) is 1. The summed E-state index contributed by atoms with van der Waals surface area (Å²) >= 11 is 0. The van der Waals surface area contributed by atoms with Gasteiger partial charge in [-0.3, -0.25) is 4.79 Å². The Morgan fingerprint density at radius 2 is 1.96 bits per heavy atom. The van der Waals surface area contributed by atoms with Crippen LogP contribution in [-0.2, 0) is 15.0 Å². The van der Waals surface area contributed by atoms with Gasteiger partial charge in [0.25, 0.3) is 10.2 Å². The fourth-order valence-electron chi connectivity index (χ4n) is 2.51. The number of piperazine rings is 1. The van der Waals surface area contributed by atoms with E-state index in [1.54, 1.807) is 19.2 Å². The molecule has 9 nitrogen and oxygen atoms in total. The third-order valence-corrected chi connectivity index (χ3v) is 5.87. The number of hydrogen-bond acceptors (Lipinski definition) is 6. The van der Waals surface area contributed by atoms with Crippen LogP contribution in [-0.4, -0.2) is 78.3 Å². The van der Waals surface area contributed by atoms with Gasteiger partial charge in [-0.1, -0.05) is 6.92 Å². The Labute approximate surface area is 142 Å². The number of hydrogen-bond donors (Lipinski definition) is 1. The highest BCUT2D eigenvalue weighted by molar-refractivity contribution is 7.86. The summed E-state index contributed by atoms with van der Waals surface area (Å²) in [7, 11) is -0.366. The van der Waals surface area contributed by atoms with Crippen LogP contribution in [0.1, 0.15) is 25.1 Å². The summed E-state index contributed by atoms with van der Waals surface area (Å²) in [5.41, 5.74) is 0. The van der Waals surface area contributed by atoms with E-state index in [1.165, 1.54) is 22.7 Å². The lowest BCUT2D eigenvalue weighted by Gasteiger charge is -2.35. The van der Waals surface area contributed by atoms with Crippen molar-refractivity contribution in [1.82, 2.24) is 18.6 Å². The molecule has 1 N–H and O–H groups in total. The van der Waals surface area contributed by atoms with Gasteiger partial charge in [-0.05, 0) is 6.07 Å². The van der Waals surface area contributed by atoms with Crippen LogP contribution in [0.4, 0.5) is 5.82 Å². The molecule has 2 rings (SSSR count). The molecule has 0 aromatic carbocycles. The van der Waals surface area contributed by atoms with Gasteiger partial charge in [0, 0.05) is 52.4 Å². The van der Waals surface area contributed by atoms with Crippen molar-refractivity contribution < 1.29 is 18.3 Å². The molecular formula is C14H23N5O4S. The SMILES string of the molecule is C[C@H](CC(=O)O)c1nccc(N2CCN(S(=O)(=O)N(C)C)CC2)n1. The van der Waals surface area contributed by atoms with Crippen LogP contribution in [0.25, 0.3) is 0 Å². The van der Waals surface area contributed by atoms with E-state index in [4.69, 9.17) is 5.11 Å². The predicted octanol–water partition coefficient (Wildman–Crippen LogP) is -0.0168. The largest absolute Gasteiger partial charge is 0.481 e. The highest BCUT2D eigenvalue weighted by Crippen LogP contribution is 2.20. The second-order valence-electron chi connectivity index (χ2n) is 5.95. The average Bonchev–Trinajstić information content (AvgIpc) is 2.54. The lowest BCUT2D eigenvalue weighted by Crippen LogP contribution is -2.51. The van der Waals surface area contributed by atoms with Crippen molar-refractivity contribution in [2.45, 2.75) is 19.3 Å². The Kier molecular flexibility index (Phi) is 5.73. The van der Waals surface area contributed by atoms with Crippen LogP contribution in [0, 0.1) is 0 Å². The van der Waals surface area contributed by atoms with Crippen molar-refractivity contribution in [1.29, 1.82) is 0 Å². The van der Waals surface area contributed by atoms with E-state index in [0.717, 1.165) is 0 Å². The molecule has 134 valence electrons. The highest BCUT2D eigenvalue weighted by atomic mass is 32.2. The monoisotopic (exact) mass is 357 g/mol. The summed E-state index contributed by atoms with van der Waals surface area (Å²) < 4.78 is 26.9. The summed E-state index contributed by atoms with van der Waals surface area (Å²) in [5, 5.41) is 8.88. The number of rotatable bonds is 6. The molecule has 1 aliphatic rings. The van der Waals surface area contributed by atoms with Crippen LogP contribution in [0.15, 0.2) is 12.3 Å². The number of carboxylic acids is 1. The predicted molar refractivity (Wildman–Crippen MR) is 89.1 cm³/mol. The van der Waals surface area contributed by atoms with Crippen molar-refractivity contribution >= 4 is 22.0 Å². The van der Waals surface area contributed by atoms with Crippen molar-refractivity contribution in [2.24, 2.45) is 0 Å². The summed E-state index contributed by atoms with van der Waals surface area (Å²) in [4.78, 5) is 21.4. The zero-order valence-electron chi connectivity index (χ0n) is 14.1. The first-order valence-electron chi connectivity index (χ1n) is 7.69. The topological polar surface area (TPSA) is 107 Å². The lowest BCUT2D eigenvalue weighted by atomic mass is 10.1. The first kappa shape index (κ1) is 18.6. The second kappa shape index (κ2) is 7.41. The van der Waals surface area contributed by atoms with Crippen molar-refractivity contribution in [2.75, 3.05) is 45.2 Å². The highest BCUT2D eigenvalue weighted by Gasteiger charge is 2.29. The molecule has 0 unspecified atom stereocenters. The van der Waals surface area contributed by atoms with Crippen molar-refractivity contribution in [3.05, 3.63) is 18.1 Å². The molecule has 24 heavy (non-hydrogen) atoms. The molecule has 1 atom stereocenters. The third kappa shape index (κ3) is 4.19. The van der Waals surface area contributed by atoms with Crippen LogP contribution in [0.5, 0.6) is 0 Å². The summed E-state index contributed by atoms with van der Waals surface area (Å²) in [6, 6.07) is 1.76. The van der Waals surface area contributed by atoms with E-state index < -0.39 is 16.2 Å². The number of anilines is 1. The van der Waals surface area contributed by atoms with Crippen molar-refractivity contribution in [3.8, 4) is 0 Å². The fourth-order valence-corrected chi connectivity index (χ4v) is 3.60. The number of aromatic nitrogens is 2. The minimum Gasteiger partial charge on any atom is -0.481 e. The zero-order valence-corrected chi connectivity index (χ0v) is 14.9. The Morgan fingerprint density at radius 1 is 1.33 bits per heavy atom. The Hall–Kier alpha value is -1.78. The van der Waals surface area contributed by atoms with E-state index >= 15 is 0 Å². The van der Waals surface area contributed by atoms with Gasteiger partial charge in [0.15, 0.2) is 0 Å². The Morgan fingerprint density at radius 3 is 2.50 bits per heavy atom. The van der Waals surface area contributed by atoms with E-state index in [-0.39, 0.29) is 12.3 Å². The maximum absolute atomic E-state index is 12.1. The van der Waals surface area contributed by atoms with Gasteiger partial charge in [-0.15, -0.1) is 0 Å². The normalized spacial score (nSPS) is 17.9. The standard InChI is InChI=1S/C14H23N5O4S/c1-11(10-13(20)21)14-15-5-4-12(16-14)18-6-8-19(9-7-18)24(22,23)17(2)3/h4-5,11H,6-10H2,1-3H3,(H,20,21)/t11-/m1/s1. The molecule has 1 aromatic rings. The molecular weight excluding hydrogens is 334 g/mol. The minimum absolute atomic E-state index is 0.0295. The minimum atomic E-state index is -3.40. The van der Waals surface area contributed by atoms with Crippen LogP contribution < -0.4 is 4.90 Å². The van der Waals surface area contributed by atoms with E-state index in [9.17, 15) is 13.2 Å². The third-order valence-electron chi connectivity index (χ3n) is 3.93. The molecule has 0 saturated carbocycles. The molecule has 1 aliphatic heterocycles. The first-order chi connectivity index (χ1) is 11.2. The van der Waals surface area contributed by atoms with Crippen LogP contribution >= 0.6 is 0 Å². The van der Waals surface area contributed by atoms with Gasteiger partial charge in [-0.25, -0.2) is 9.97 Å². The molecule has 0 amide bonds. The molecule has 10 heteroatoms. The average molecular weight is 357 g/mol. The summed E-state index contributed by atoms with van der Waals surface area (Å²) in [6.45, 7) is 3.58. The van der Waals surface area contributed by atoms with Gasteiger partial charge in [-0.2, -0.15) is 17.0 Å². The number of carbonyl (C=O) groups is 1. The molecule has 0 radical (unpaired) electrons. The Balaban J connectivity index is 2.06. The lowest BCUT2D eigenvalue weighted by molar-refractivity contribution is -0.137. The molecule has 0 spiro atoms. The fraction of sp³-hybridized carbons (Fsp3) is 0.643. The quantitative estimate of drug-likeness (QED) is 0.762. The Bertz CT molecular complexity index is 686. The zero-order chi connectivity index (χ0) is 17.9. The van der Waals surface area contributed by atoms with Gasteiger partial charge in [0.1, 0.15) is 11.6 Å². The maximum atomic E-state index is 12.1. The van der Waals surface area contributed by atoms with E-state index in [1.807, 2.05) is 4.90 Å².